The van der Waals surface area contributed by atoms with Crippen LogP contribution < -0.4 is 4.90 Å². The molecular formula is C16H16ClF3N6S. The molecular weight excluding hydrogens is 401 g/mol. The highest BCUT2D eigenvalue weighted by molar-refractivity contribution is 7.18. The van der Waals surface area contributed by atoms with Crippen LogP contribution in [-0.4, -0.2) is 31.3 Å². The standard InChI is InChI=1S/C16H16ClF3N6S/c1-8(2)5-9-6-10-12(21-15(17)22-13(10)27-9)25-3-4-26-11(7-25)23-24-14(26)16(18,19)20/h6,8H,3-5,7H2,1-2H3. The SMILES string of the molecule is CC(C)Cc1cc2c(N3CCn4c(nnc4C(F)(F)F)C3)nc(Cl)nc2s1. The Hall–Kier alpha value is -1.94. The van der Waals surface area contributed by atoms with Crippen molar-refractivity contribution in [3.05, 3.63) is 27.9 Å². The van der Waals surface area contributed by atoms with Crippen LogP contribution in [0.3, 0.4) is 0 Å². The van der Waals surface area contributed by atoms with Crippen LogP contribution in [0.25, 0.3) is 10.2 Å². The van der Waals surface area contributed by atoms with Crippen molar-refractivity contribution in [1.82, 2.24) is 24.7 Å². The molecule has 6 nitrogen and oxygen atoms in total. The van der Waals surface area contributed by atoms with Gasteiger partial charge < -0.3 is 9.47 Å². The fraction of sp³-hybridized carbons (Fsp3) is 0.500. The van der Waals surface area contributed by atoms with Gasteiger partial charge in [-0.2, -0.15) is 18.2 Å². The van der Waals surface area contributed by atoms with Crippen molar-refractivity contribution in [3.63, 3.8) is 0 Å². The lowest BCUT2D eigenvalue weighted by atomic mass is 10.1. The Balaban J connectivity index is 1.71. The van der Waals surface area contributed by atoms with Gasteiger partial charge in [-0.25, -0.2) is 4.98 Å². The monoisotopic (exact) mass is 416 g/mol. The van der Waals surface area contributed by atoms with Gasteiger partial charge in [0.25, 0.3) is 0 Å². The fourth-order valence-electron chi connectivity index (χ4n) is 3.22. The summed E-state index contributed by atoms with van der Waals surface area (Å²) in [7, 11) is 0. The van der Waals surface area contributed by atoms with Gasteiger partial charge in [0, 0.05) is 18.0 Å². The summed E-state index contributed by atoms with van der Waals surface area (Å²) in [6.45, 7) is 4.94. The second kappa shape index (κ2) is 6.59. The highest BCUT2D eigenvalue weighted by atomic mass is 35.5. The minimum Gasteiger partial charge on any atom is -0.347 e. The largest absolute Gasteiger partial charge is 0.451 e. The van der Waals surface area contributed by atoms with E-state index in [1.165, 1.54) is 4.88 Å². The van der Waals surface area contributed by atoms with Gasteiger partial charge in [-0.15, -0.1) is 21.5 Å². The van der Waals surface area contributed by atoms with Gasteiger partial charge in [-0.1, -0.05) is 13.8 Å². The third-order valence-corrected chi connectivity index (χ3v) is 5.53. The fourth-order valence-corrected chi connectivity index (χ4v) is 4.67. The normalized spacial score (nSPS) is 15.0. The first-order valence-corrected chi connectivity index (χ1v) is 9.62. The summed E-state index contributed by atoms with van der Waals surface area (Å²) in [6, 6.07) is 2.05. The molecule has 11 heteroatoms. The van der Waals surface area contributed by atoms with Gasteiger partial charge in [-0.05, 0) is 30.0 Å². The molecule has 3 aromatic heterocycles. The molecule has 0 N–H and O–H groups in total. The number of thiophene rings is 1. The number of fused-ring (bicyclic) bond motifs is 2. The molecule has 0 saturated heterocycles. The van der Waals surface area contributed by atoms with Crippen LogP contribution >= 0.6 is 22.9 Å². The molecule has 0 amide bonds. The summed E-state index contributed by atoms with van der Waals surface area (Å²) in [4.78, 5) is 12.5. The van der Waals surface area contributed by atoms with E-state index < -0.39 is 12.0 Å². The molecule has 144 valence electrons. The van der Waals surface area contributed by atoms with Gasteiger partial charge >= 0.3 is 6.18 Å². The van der Waals surface area contributed by atoms with E-state index in [0.717, 1.165) is 21.2 Å². The first kappa shape index (κ1) is 18.4. The first-order valence-electron chi connectivity index (χ1n) is 8.42. The van der Waals surface area contributed by atoms with E-state index in [0.29, 0.717) is 18.3 Å². The molecule has 0 saturated carbocycles. The van der Waals surface area contributed by atoms with E-state index in [4.69, 9.17) is 11.6 Å². The van der Waals surface area contributed by atoms with Crippen molar-refractivity contribution in [2.45, 2.75) is 39.5 Å². The Morgan fingerprint density at radius 3 is 2.70 bits per heavy atom. The van der Waals surface area contributed by atoms with Crippen LogP contribution in [0.4, 0.5) is 19.0 Å². The number of anilines is 1. The molecule has 1 aliphatic heterocycles. The summed E-state index contributed by atoms with van der Waals surface area (Å²) in [5.74, 6) is 0.421. The molecule has 4 heterocycles. The highest BCUT2D eigenvalue weighted by Gasteiger charge is 2.39. The number of rotatable bonds is 3. The third kappa shape index (κ3) is 3.47. The molecule has 3 aromatic rings. The minimum absolute atomic E-state index is 0.124. The van der Waals surface area contributed by atoms with Crippen LogP contribution in [0.1, 0.15) is 30.4 Å². The molecule has 0 atom stereocenters. The lowest BCUT2D eigenvalue weighted by Crippen LogP contribution is -2.36. The summed E-state index contributed by atoms with van der Waals surface area (Å²) in [6.07, 6.45) is -3.60. The zero-order chi connectivity index (χ0) is 19.3. The zero-order valence-electron chi connectivity index (χ0n) is 14.6. The lowest BCUT2D eigenvalue weighted by Gasteiger charge is -2.29. The van der Waals surface area contributed by atoms with Crippen molar-refractivity contribution in [2.75, 3.05) is 11.4 Å². The van der Waals surface area contributed by atoms with Gasteiger partial charge in [0.05, 0.1) is 11.9 Å². The Labute approximate surface area is 162 Å². The van der Waals surface area contributed by atoms with Gasteiger partial charge in [0.15, 0.2) is 5.82 Å². The Morgan fingerprint density at radius 2 is 2.00 bits per heavy atom. The van der Waals surface area contributed by atoms with Crippen molar-refractivity contribution in [1.29, 1.82) is 0 Å². The Morgan fingerprint density at radius 1 is 1.22 bits per heavy atom. The number of halogens is 4. The first-order chi connectivity index (χ1) is 12.7. The van der Waals surface area contributed by atoms with E-state index in [1.54, 1.807) is 11.3 Å². The van der Waals surface area contributed by atoms with Gasteiger partial charge in [0.2, 0.25) is 11.1 Å². The predicted molar refractivity (Wildman–Crippen MR) is 97.0 cm³/mol. The molecule has 1 aliphatic rings. The molecule has 0 aromatic carbocycles. The van der Waals surface area contributed by atoms with Crippen LogP contribution in [0, 0.1) is 5.92 Å². The summed E-state index contributed by atoms with van der Waals surface area (Å²) >= 11 is 7.66. The van der Waals surface area contributed by atoms with E-state index in [2.05, 4.69) is 34.0 Å². The lowest BCUT2D eigenvalue weighted by molar-refractivity contribution is -0.147. The van der Waals surface area contributed by atoms with E-state index in [-0.39, 0.29) is 24.2 Å². The predicted octanol–water partition coefficient (Wildman–Crippen LogP) is 4.17. The van der Waals surface area contributed by atoms with E-state index in [1.807, 2.05) is 11.0 Å². The Kier molecular flexibility index (Phi) is 4.50. The van der Waals surface area contributed by atoms with E-state index >= 15 is 0 Å². The topological polar surface area (TPSA) is 59.7 Å². The minimum atomic E-state index is -4.52. The second-order valence-electron chi connectivity index (χ2n) is 6.86. The smallest absolute Gasteiger partial charge is 0.347 e. The quantitative estimate of drug-likeness (QED) is 0.599. The molecule has 0 radical (unpaired) electrons. The van der Waals surface area contributed by atoms with Crippen LogP contribution in [-0.2, 0) is 25.7 Å². The van der Waals surface area contributed by atoms with Crippen molar-refractivity contribution < 1.29 is 13.2 Å². The number of alkyl halides is 3. The maximum atomic E-state index is 13.0. The molecule has 0 bridgehead atoms. The highest BCUT2D eigenvalue weighted by Crippen LogP contribution is 2.35. The van der Waals surface area contributed by atoms with Crippen molar-refractivity contribution in [2.24, 2.45) is 5.92 Å². The van der Waals surface area contributed by atoms with Crippen molar-refractivity contribution in [3.8, 4) is 0 Å². The van der Waals surface area contributed by atoms with Crippen LogP contribution in [0.5, 0.6) is 0 Å². The van der Waals surface area contributed by atoms with Crippen LogP contribution in [0.15, 0.2) is 6.07 Å². The second-order valence-corrected chi connectivity index (χ2v) is 8.31. The van der Waals surface area contributed by atoms with E-state index in [9.17, 15) is 13.2 Å². The maximum absolute atomic E-state index is 13.0. The number of hydrogen-bond acceptors (Lipinski definition) is 6. The summed E-state index contributed by atoms with van der Waals surface area (Å²) in [5, 5.41) is 8.03. The molecule has 0 fully saturated rings. The number of aromatic nitrogens is 5. The summed E-state index contributed by atoms with van der Waals surface area (Å²) < 4.78 is 40.2. The molecule has 0 spiro atoms. The van der Waals surface area contributed by atoms with Crippen molar-refractivity contribution >= 4 is 39.0 Å². The third-order valence-electron chi connectivity index (χ3n) is 4.31. The average Bonchev–Trinajstić information content (AvgIpc) is 3.15. The summed E-state index contributed by atoms with van der Waals surface area (Å²) in [5.41, 5.74) is 0. The maximum Gasteiger partial charge on any atom is 0.451 e. The zero-order valence-corrected chi connectivity index (χ0v) is 16.2. The number of nitrogens with zero attached hydrogens (tertiary/aromatic N) is 6. The molecule has 4 rings (SSSR count). The number of hydrogen-bond donors (Lipinski definition) is 0. The Bertz CT molecular complexity index is 996. The molecule has 0 aliphatic carbocycles. The van der Waals surface area contributed by atoms with Gasteiger partial charge in [-0.3, -0.25) is 0 Å². The van der Waals surface area contributed by atoms with Crippen LogP contribution in [0.2, 0.25) is 5.28 Å². The molecule has 27 heavy (non-hydrogen) atoms. The molecule has 0 unspecified atom stereocenters. The van der Waals surface area contributed by atoms with Gasteiger partial charge in [0.1, 0.15) is 10.6 Å². The average molecular weight is 417 g/mol.